The van der Waals surface area contributed by atoms with Gasteiger partial charge in [0.25, 0.3) is 0 Å². The summed E-state index contributed by atoms with van der Waals surface area (Å²) >= 11 is 0. The highest BCUT2D eigenvalue weighted by molar-refractivity contribution is 5.85. The number of benzene rings is 1. The summed E-state index contributed by atoms with van der Waals surface area (Å²) in [5.41, 5.74) is 5.98. The van der Waals surface area contributed by atoms with Crippen molar-refractivity contribution in [1.29, 1.82) is 0 Å². The van der Waals surface area contributed by atoms with Gasteiger partial charge in [0.15, 0.2) is 0 Å². The van der Waals surface area contributed by atoms with Crippen LogP contribution in [0, 0.1) is 12.7 Å². The first-order valence-corrected chi connectivity index (χ1v) is 6.89. The van der Waals surface area contributed by atoms with Crippen LogP contribution in [0.2, 0.25) is 0 Å². The predicted octanol–water partition coefficient (Wildman–Crippen LogP) is 2.83. The third kappa shape index (κ3) is 2.85. The first-order chi connectivity index (χ1) is 9.12. The van der Waals surface area contributed by atoms with Gasteiger partial charge in [-0.15, -0.1) is 0 Å². The van der Waals surface area contributed by atoms with E-state index in [0.717, 1.165) is 5.56 Å². The Kier molecular flexibility index (Phi) is 3.63. The number of esters is 1. The Labute approximate surface area is 119 Å². The van der Waals surface area contributed by atoms with Crippen LogP contribution < -0.4 is 5.73 Å². The molecule has 1 aromatic carbocycles. The summed E-state index contributed by atoms with van der Waals surface area (Å²) in [6.45, 7) is 7.30. The van der Waals surface area contributed by atoms with Crippen LogP contribution in [-0.4, -0.2) is 17.6 Å². The van der Waals surface area contributed by atoms with Gasteiger partial charge < -0.3 is 10.5 Å². The molecule has 0 aliphatic heterocycles. The number of halogens is 1. The van der Waals surface area contributed by atoms with Crippen molar-refractivity contribution in [1.82, 2.24) is 0 Å². The molecule has 0 saturated heterocycles. The zero-order chi connectivity index (χ0) is 15.1. The van der Waals surface area contributed by atoms with E-state index >= 15 is 0 Å². The van der Waals surface area contributed by atoms with Gasteiger partial charge in [-0.3, -0.25) is 4.79 Å². The molecular weight excluding hydrogens is 257 g/mol. The summed E-state index contributed by atoms with van der Waals surface area (Å²) in [7, 11) is 0. The molecule has 0 bridgehead atoms. The Hall–Kier alpha value is -1.42. The van der Waals surface area contributed by atoms with Gasteiger partial charge in [-0.2, -0.15) is 0 Å². The summed E-state index contributed by atoms with van der Waals surface area (Å²) in [4.78, 5) is 12.5. The van der Waals surface area contributed by atoms with Crippen molar-refractivity contribution >= 4 is 5.97 Å². The predicted molar refractivity (Wildman–Crippen MR) is 75.9 cm³/mol. The lowest BCUT2D eigenvalue weighted by Crippen LogP contribution is -2.56. The van der Waals surface area contributed by atoms with Crippen LogP contribution in [0.4, 0.5) is 4.39 Å². The number of carbonyl (C=O) groups is 1. The topological polar surface area (TPSA) is 52.3 Å². The van der Waals surface area contributed by atoms with Crippen LogP contribution in [0.1, 0.15) is 44.7 Å². The van der Waals surface area contributed by atoms with E-state index in [1.54, 1.807) is 0 Å². The summed E-state index contributed by atoms with van der Waals surface area (Å²) in [5.74, 6) is -0.639. The highest BCUT2D eigenvalue weighted by Crippen LogP contribution is 2.45. The molecule has 0 heterocycles. The minimum absolute atomic E-state index is 0.0360. The number of aryl methyl sites for hydroxylation is 1. The fraction of sp³-hybridized carbons (Fsp3) is 0.562. The molecular formula is C16H22FNO2. The van der Waals surface area contributed by atoms with Gasteiger partial charge in [0.05, 0.1) is 5.41 Å². The lowest BCUT2D eigenvalue weighted by atomic mass is 9.61. The van der Waals surface area contributed by atoms with Crippen molar-refractivity contribution < 1.29 is 13.9 Å². The minimum Gasteiger partial charge on any atom is -0.459 e. The normalized spacial score (nSPS) is 26.0. The lowest BCUT2D eigenvalue weighted by Gasteiger charge is -2.45. The first kappa shape index (κ1) is 15.0. The van der Waals surface area contributed by atoms with E-state index in [2.05, 4.69) is 0 Å². The largest absolute Gasteiger partial charge is 0.459 e. The van der Waals surface area contributed by atoms with Gasteiger partial charge in [-0.05, 0) is 63.8 Å². The summed E-state index contributed by atoms with van der Waals surface area (Å²) < 4.78 is 19.1. The Morgan fingerprint density at radius 2 is 1.95 bits per heavy atom. The number of hydrogen-bond donors (Lipinski definition) is 1. The van der Waals surface area contributed by atoms with Gasteiger partial charge in [-0.25, -0.2) is 4.39 Å². The van der Waals surface area contributed by atoms with E-state index in [1.807, 2.05) is 33.8 Å². The average molecular weight is 279 g/mol. The minimum atomic E-state index is -0.792. The average Bonchev–Trinajstić information content (AvgIpc) is 2.20. The first-order valence-electron chi connectivity index (χ1n) is 6.89. The number of ether oxygens (including phenoxy) is 1. The molecule has 3 nitrogen and oxygen atoms in total. The Morgan fingerprint density at radius 1 is 1.35 bits per heavy atom. The SMILES string of the molecule is Cc1cc(F)cc(C2(C(=O)OC(C)(C)C)CC(N)C2)c1. The van der Waals surface area contributed by atoms with Crippen molar-refractivity contribution in [3.8, 4) is 0 Å². The monoisotopic (exact) mass is 279 g/mol. The maximum atomic E-state index is 13.6. The number of carbonyl (C=O) groups excluding carboxylic acids is 1. The van der Waals surface area contributed by atoms with E-state index < -0.39 is 11.0 Å². The van der Waals surface area contributed by atoms with Crippen LogP contribution >= 0.6 is 0 Å². The molecule has 0 spiro atoms. The number of hydrogen-bond acceptors (Lipinski definition) is 3. The van der Waals surface area contributed by atoms with Gasteiger partial charge in [-0.1, -0.05) is 6.07 Å². The maximum Gasteiger partial charge on any atom is 0.317 e. The molecule has 2 rings (SSSR count). The fourth-order valence-electron chi connectivity index (χ4n) is 2.74. The zero-order valence-corrected chi connectivity index (χ0v) is 12.5. The smallest absolute Gasteiger partial charge is 0.317 e. The van der Waals surface area contributed by atoms with Crippen LogP contribution in [0.15, 0.2) is 18.2 Å². The molecule has 4 heteroatoms. The van der Waals surface area contributed by atoms with Gasteiger partial charge in [0.2, 0.25) is 0 Å². The Bertz CT molecular complexity index is 508. The standard InChI is InChI=1S/C16H22FNO2/c1-10-5-11(7-12(17)6-10)16(8-13(18)9-16)14(19)20-15(2,3)4/h5-7,13H,8-9,18H2,1-4H3. The van der Waals surface area contributed by atoms with E-state index in [4.69, 9.17) is 10.5 Å². The van der Waals surface area contributed by atoms with Crippen molar-refractivity contribution in [2.45, 2.75) is 57.6 Å². The second-order valence-corrected chi connectivity index (χ2v) is 6.77. The molecule has 1 aromatic rings. The van der Waals surface area contributed by atoms with E-state index in [9.17, 15) is 9.18 Å². The van der Waals surface area contributed by atoms with Crippen molar-refractivity contribution in [3.05, 3.63) is 35.1 Å². The molecule has 1 aliphatic rings. The van der Waals surface area contributed by atoms with E-state index in [0.29, 0.717) is 18.4 Å². The molecule has 20 heavy (non-hydrogen) atoms. The molecule has 1 fully saturated rings. The summed E-state index contributed by atoms with van der Waals surface area (Å²) in [6.07, 6.45) is 1.01. The third-order valence-corrected chi connectivity index (χ3v) is 3.61. The molecule has 110 valence electrons. The van der Waals surface area contributed by atoms with Crippen LogP contribution in [0.5, 0.6) is 0 Å². The Balaban J connectivity index is 2.37. The van der Waals surface area contributed by atoms with Gasteiger partial charge in [0, 0.05) is 6.04 Å². The Morgan fingerprint density at radius 3 is 2.40 bits per heavy atom. The zero-order valence-electron chi connectivity index (χ0n) is 12.5. The van der Waals surface area contributed by atoms with Crippen LogP contribution in [0.25, 0.3) is 0 Å². The highest BCUT2D eigenvalue weighted by atomic mass is 19.1. The number of rotatable bonds is 2. The quantitative estimate of drug-likeness (QED) is 0.847. The molecule has 0 unspecified atom stereocenters. The molecule has 1 aliphatic carbocycles. The summed E-state index contributed by atoms with van der Waals surface area (Å²) in [6, 6.07) is 4.68. The lowest BCUT2D eigenvalue weighted by molar-refractivity contribution is -0.166. The van der Waals surface area contributed by atoms with Gasteiger partial charge in [0.1, 0.15) is 11.4 Å². The second kappa shape index (κ2) is 4.85. The van der Waals surface area contributed by atoms with Crippen molar-refractivity contribution in [2.24, 2.45) is 5.73 Å². The van der Waals surface area contributed by atoms with E-state index in [-0.39, 0.29) is 17.8 Å². The molecule has 1 saturated carbocycles. The summed E-state index contributed by atoms with van der Waals surface area (Å²) in [5, 5.41) is 0. The molecule has 2 N–H and O–H groups in total. The molecule has 0 amide bonds. The van der Waals surface area contributed by atoms with Crippen molar-refractivity contribution in [2.75, 3.05) is 0 Å². The molecule has 0 aromatic heterocycles. The molecule has 0 radical (unpaired) electrons. The third-order valence-electron chi connectivity index (χ3n) is 3.61. The molecule has 0 atom stereocenters. The van der Waals surface area contributed by atoms with Gasteiger partial charge >= 0.3 is 5.97 Å². The second-order valence-electron chi connectivity index (χ2n) is 6.77. The fourth-order valence-corrected chi connectivity index (χ4v) is 2.74. The highest BCUT2D eigenvalue weighted by Gasteiger charge is 2.52. The number of nitrogens with two attached hydrogens (primary N) is 1. The van der Waals surface area contributed by atoms with Crippen molar-refractivity contribution in [3.63, 3.8) is 0 Å². The maximum absolute atomic E-state index is 13.6. The van der Waals surface area contributed by atoms with Crippen LogP contribution in [-0.2, 0) is 14.9 Å². The van der Waals surface area contributed by atoms with Crippen LogP contribution in [0.3, 0.4) is 0 Å². The van der Waals surface area contributed by atoms with E-state index in [1.165, 1.54) is 12.1 Å².